The summed E-state index contributed by atoms with van der Waals surface area (Å²) in [6, 6.07) is 19.2. The highest BCUT2D eigenvalue weighted by Gasteiger charge is 2.16. The molecule has 7 nitrogen and oxygen atoms in total. The summed E-state index contributed by atoms with van der Waals surface area (Å²) < 4.78 is 32.8. The number of esters is 1. The molecule has 3 rings (SSSR count). The summed E-state index contributed by atoms with van der Waals surface area (Å²) in [7, 11) is -3.72. The first-order valence-corrected chi connectivity index (χ1v) is 12.1. The van der Waals surface area contributed by atoms with E-state index in [0.717, 1.165) is 12.8 Å². The topological polar surface area (TPSA) is 102 Å². The Hall–Kier alpha value is -3.65. The lowest BCUT2D eigenvalue weighted by molar-refractivity contribution is 0.0499. The fourth-order valence-electron chi connectivity index (χ4n) is 3.01. The van der Waals surface area contributed by atoms with Gasteiger partial charge in [0.25, 0.3) is 15.9 Å². The molecule has 0 aliphatic carbocycles. The molecule has 1 amide bonds. The summed E-state index contributed by atoms with van der Waals surface area (Å²) in [5, 5.41) is 2.77. The van der Waals surface area contributed by atoms with Crippen molar-refractivity contribution in [3.63, 3.8) is 0 Å². The molecular formula is C25H26N2O5S. The lowest BCUT2D eigenvalue weighted by Crippen LogP contribution is -2.15. The van der Waals surface area contributed by atoms with Gasteiger partial charge in [0.15, 0.2) is 0 Å². The van der Waals surface area contributed by atoms with Gasteiger partial charge in [0.1, 0.15) is 0 Å². The molecule has 0 saturated carbocycles. The van der Waals surface area contributed by atoms with Crippen LogP contribution in [0.2, 0.25) is 0 Å². The Kier molecular flexibility index (Phi) is 7.84. The molecular weight excluding hydrogens is 440 g/mol. The third kappa shape index (κ3) is 6.43. The first kappa shape index (κ1) is 24.0. The van der Waals surface area contributed by atoms with Crippen LogP contribution in [-0.4, -0.2) is 26.9 Å². The van der Waals surface area contributed by atoms with Crippen LogP contribution in [0.5, 0.6) is 0 Å². The van der Waals surface area contributed by atoms with E-state index < -0.39 is 16.0 Å². The zero-order valence-corrected chi connectivity index (χ0v) is 19.3. The van der Waals surface area contributed by atoms with Crippen molar-refractivity contribution in [2.45, 2.75) is 31.6 Å². The van der Waals surface area contributed by atoms with Crippen LogP contribution < -0.4 is 10.0 Å². The first-order chi connectivity index (χ1) is 15.8. The molecule has 0 aromatic heterocycles. The van der Waals surface area contributed by atoms with Crippen LogP contribution in [0.15, 0.2) is 77.7 Å². The van der Waals surface area contributed by atoms with Gasteiger partial charge in [-0.25, -0.2) is 13.2 Å². The summed E-state index contributed by atoms with van der Waals surface area (Å²) in [6.07, 6.45) is 1.75. The molecule has 0 spiro atoms. The van der Waals surface area contributed by atoms with Crippen LogP contribution >= 0.6 is 0 Å². The van der Waals surface area contributed by atoms with Crippen molar-refractivity contribution < 1.29 is 22.7 Å². The van der Waals surface area contributed by atoms with E-state index in [2.05, 4.69) is 10.0 Å². The molecule has 0 heterocycles. The summed E-state index contributed by atoms with van der Waals surface area (Å²) in [5.74, 6) is -0.751. The molecule has 0 unspecified atom stereocenters. The van der Waals surface area contributed by atoms with E-state index in [9.17, 15) is 18.0 Å². The molecule has 3 aromatic rings. The minimum Gasteiger partial charge on any atom is -0.462 e. The largest absolute Gasteiger partial charge is 0.462 e. The number of aryl methyl sites for hydroxylation is 1. The fourth-order valence-corrected chi connectivity index (χ4v) is 4.16. The van der Waals surface area contributed by atoms with Crippen molar-refractivity contribution in [2.24, 2.45) is 0 Å². The molecule has 0 atom stereocenters. The number of nitrogens with one attached hydrogen (secondary N) is 2. The highest BCUT2D eigenvalue weighted by molar-refractivity contribution is 7.92. The van der Waals surface area contributed by atoms with E-state index in [1.807, 2.05) is 6.92 Å². The maximum atomic E-state index is 12.6. The van der Waals surface area contributed by atoms with Crippen LogP contribution in [0.25, 0.3) is 0 Å². The lowest BCUT2D eigenvalue weighted by Gasteiger charge is -2.12. The molecule has 2 N–H and O–H groups in total. The number of hydrogen-bond acceptors (Lipinski definition) is 5. The normalized spacial score (nSPS) is 11.0. The number of benzene rings is 3. The summed E-state index contributed by atoms with van der Waals surface area (Å²) in [5.41, 5.74) is 2.30. The first-order valence-electron chi connectivity index (χ1n) is 10.6. The third-order valence-electron chi connectivity index (χ3n) is 4.90. The van der Waals surface area contributed by atoms with Crippen LogP contribution in [0.4, 0.5) is 11.4 Å². The van der Waals surface area contributed by atoms with E-state index in [1.54, 1.807) is 67.6 Å². The number of carbonyl (C=O) groups is 2. The number of ether oxygens (including phenoxy) is 1. The fraction of sp³-hybridized carbons (Fsp3) is 0.200. The minimum atomic E-state index is -3.72. The Morgan fingerprint density at radius 3 is 2.21 bits per heavy atom. The van der Waals surface area contributed by atoms with Crippen molar-refractivity contribution in [1.29, 1.82) is 0 Å². The second kappa shape index (κ2) is 10.8. The van der Waals surface area contributed by atoms with Gasteiger partial charge in [-0.1, -0.05) is 31.5 Å². The average molecular weight is 467 g/mol. The van der Waals surface area contributed by atoms with E-state index in [-0.39, 0.29) is 10.8 Å². The number of amides is 1. The zero-order valence-electron chi connectivity index (χ0n) is 18.5. The molecule has 3 aromatic carbocycles. The molecule has 0 aliphatic rings. The zero-order chi connectivity index (χ0) is 23.8. The van der Waals surface area contributed by atoms with Crippen molar-refractivity contribution in [1.82, 2.24) is 0 Å². The Morgan fingerprint density at radius 1 is 0.909 bits per heavy atom. The van der Waals surface area contributed by atoms with E-state index in [1.165, 1.54) is 12.1 Å². The van der Waals surface area contributed by atoms with Gasteiger partial charge in [0.2, 0.25) is 0 Å². The molecule has 172 valence electrons. The smallest absolute Gasteiger partial charge is 0.338 e. The SMILES string of the molecule is CCCCOC(=O)c1ccc(NC(=O)c2ccc(NS(=O)(=O)c3ccccc3)c(C)c2)cc1. The van der Waals surface area contributed by atoms with Crippen molar-refractivity contribution in [3.8, 4) is 0 Å². The molecule has 33 heavy (non-hydrogen) atoms. The Bertz CT molecular complexity index is 1220. The van der Waals surface area contributed by atoms with E-state index >= 15 is 0 Å². The van der Waals surface area contributed by atoms with Gasteiger partial charge < -0.3 is 10.1 Å². The highest BCUT2D eigenvalue weighted by Crippen LogP contribution is 2.22. The molecule has 0 fully saturated rings. The van der Waals surface area contributed by atoms with Crippen LogP contribution in [0.1, 0.15) is 46.0 Å². The van der Waals surface area contributed by atoms with Crippen LogP contribution in [-0.2, 0) is 14.8 Å². The van der Waals surface area contributed by atoms with Crippen molar-refractivity contribution in [3.05, 3.63) is 89.5 Å². The standard InChI is InChI=1S/C25H26N2O5S/c1-3-4-16-32-25(29)19-10-13-21(14-11-19)26-24(28)20-12-15-23(18(2)17-20)27-33(30,31)22-8-6-5-7-9-22/h5-15,17,27H,3-4,16H2,1-2H3,(H,26,28). The van der Waals surface area contributed by atoms with Gasteiger partial charge in [0, 0.05) is 11.3 Å². The maximum Gasteiger partial charge on any atom is 0.338 e. The number of carbonyl (C=O) groups excluding carboxylic acids is 2. The maximum absolute atomic E-state index is 12.6. The number of unbranched alkanes of at least 4 members (excludes halogenated alkanes) is 1. The monoisotopic (exact) mass is 466 g/mol. The number of rotatable bonds is 9. The van der Waals surface area contributed by atoms with Gasteiger partial charge in [-0.3, -0.25) is 9.52 Å². The van der Waals surface area contributed by atoms with Gasteiger partial charge in [-0.05, 0) is 73.5 Å². The molecule has 0 saturated heterocycles. The van der Waals surface area contributed by atoms with Crippen molar-refractivity contribution in [2.75, 3.05) is 16.6 Å². The molecule has 0 bridgehead atoms. The van der Waals surface area contributed by atoms with Gasteiger partial charge in [-0.2, -0.15) is 0 Å². The Labute approximate surface area is 193 Å². The molecule has 0 radical (unpaired) electrons. The third-order valence-corrected chi connectivity index (χ3v) is 6.28. The van der Waals surface area contributed by atoms with Crippen molar-refractivity contribution >= 4 is 33.3 Å². The quantitative estimate of drug-likeness (QED) is 0.341. The van der Waals surface area contributed by atoms with Gasteiger partial charge in [0.05, 0.1) is 22.8 Å². The predicted octanol–water partition coefficient (Wildman–Crippen LogP) is 5.01. The average Bonchev–Trinajstić information content (AvgIpc) is 2.81. The molecule has 8 heteroatoms. The summed E-state index contributed by atoms with van der Waals surface area (Å²) in [4.78, 5) is 24.8. The number of sulfonamides is 1. The molecule has 0 aliphatic heterocycles. The lowest BCUT2D eigenvalue weighted by atomic mass is 10.1. The minimum absolute atomic E-state index is 0.156. The predicted molar refractivity (Wildman–Crippen MR) is 128 cm³/mol. The Morgan fingerprint density at radius 2 is 1.58 bits per heavy atom. The number of hydrogen-bond donors (Lipinski definition) is 2. The van der Waals surface area contributed by atoms with Crippen LogP contribution in [0.3, 0.4) is 0 Å². The summed E-state index contributed by atoms with van der Waals surface area (Å²) >= 11 is 0. The summed E-state index contributed by atoms with van der Waals surface area (Å²) in [6.45, 7) is 4.12. The highest BCUT2D eigenvalue weighted by atomic mass is 32.2. The van der Waals surface area contributed by atoms with Crippen LogP contribution in [0, 0.1) is 6.92 Å². The second-order valence-corrected chi connectivity index (χ2v) is 9.15. The van der Waals surface area contributed by atoms with Gasteiger partial charge >= 0.3 is 5.97 Å². The van der Waals surface area contributed by atoms with E-state index in [0.29, 0.717) is 34.7 Å². The number of anilines is 2. The van der Waals surface area contributed by atoms with E-state index in [4.69, 9.17) is 4.74 Å². The second-order valence-electron chi connectivity index (χ2n) is 7.47. The Balaban J connectivity index is 1.65. The van der Waals surface area contributed by atoms with Gasteiger partial charge in [-0.15, -0.1) is 0 Å².